The Morgan fingerprint density at radius 1 is 1.17 bits per heavy atom. The summed E-state index contributed by atoms with van der Waals surface area (Å²) in [5.41, 5.74) is 2.04. The van der Waals surface area contributed by atoms with Crippen LogP contribution < -0.4 is 10.6 Å². The first-order chi connectivity index (χ1) is 11.5. The zero-order valence-electron chi connectivity index (χ0n) is 13.2. The summed E-state index contributed by atoms with van der Waals surface area (Å²) in [7, 11) is 0. The number of carbonyl (C=O) groups excluding carboxylic acids is 2. The third-order valence-electron chi connectivity index (χ3n) is 3.32. The normalized spacial score (nSPS) is 10.3. The SMILES string of the molecule is CCCC(=O)Nc1cccc(CNC(=O)c2ccc(Br)cc2Cl)c1. The fraction of sp³-hybridized carbons (Fsp3) is 0.222. The van der Waals surface area contributed by atoms with Gasteiger partial charge in [0.1, 0.15) is 0 Å². The van der Waals surface area contributed by atoms with Crippen LogP contribution in [0.3, 0.4) is 0 Å². The van der Waals surface area contributed by atoms with E-state index in [4.69, 9.17) is 11.6 Å². The standard InChI is InChI=1S/C18H18BrClN2O2/c1-2-4-17(23)22-14-6-3-5-12(9-14)11-21-18(24)15-8-7-13(19)10-16(15)20/h3,5-10H,2,4,11H2,1H3,(H,21,24)(H,22,23). The molecule has 24 heavy (non-hydrogen) atoms. The zero-order valence-corrected chi connectivity index (χ0v) is 15.6. The molecule has 2 aromatic rings. The molecule has 0 bridgehead atoms. The predicted octanol–water partition coefficient (Wildman–Crippen LogP) is 4.77. The van der Waals surface area contributed by atoms with Crippen molar-refractivity contribution < 1.29 is 9.59 Å². The summed E-state index contributed by atoms with van der Waals surface area (Å²) in [5, 5.41) is 6.06. The van der Waals surface area contributed by atoms with E-state index in [2.05, 4.69) is 26.6 Å². The smallest absolute Gasteiger partial charge is 0.253 e. The summed E-state index contributed by atoms with van der Waals surface area (Å²) in [5.74, 6) is -0.256. The maximum atomic E-state index is 12.2. The van der Waals surface area contributed by atoms with Gasteiger partial charge in [0, 0.05) is 23.1 Å². The van der Waals surface area contributed by atoms with E-state index in [0.29, 0.717) is 23.6 Å². The number of halogens is 2. The molecule has 0 atom stereocenters. The van der Waals surface area contributed by atoms with E-state index in [1.165, 1.54) is 0 Å². The summed E-state index contributed by atoms with van der Waals surface area (Å²) < 4.78 is 0.819. The fourth-order valence-corrected chi connectivity index (χ4v) is 2.92. The van der Waals surface area contributed by atoms with E-state index in [0.717, 1.165) is 22.1 Å². The lowest BCUT2D eigenvalue weighted by atomic mass is 10.1. The van der Waals surface area contributed by atoms with Gasteiger partial charge in [-0.25, -0.2) is 0 Å². The van der Waals surface area contributed by atoms with Crippen LogP contribution in [0.15, 0.2) is 46.9 Å². The topological polar surface area (TPSA) is 58.2 Å². The molecule has 0 aromatic heterocycles. The summed E-state index contributed by atoms with van der Waals surface area (Å²) in [6.45, 7) is 2.31. The minimum absolute atomic E-state index is 0.0136. The van der Waals surface area contributed by atoms with Crippen LogP contribution >= 0.6 is 27.5 Å². The number of benzene rings is 2. The first-order valence-electron chi connectivity index (χ1n) is 7.61. The Hall–Kier alpha value is -1.85. The molecule has 2 aromatic carbocycles. The molecule has 0 saturated carbocycles. The van der Waals surface area contributed by atoms with Crippen molar-refractivity contribution in [2.75, 3.05) is 5.32 Å². The Bertz CT molecular complexity index is 750. The van der Waals surface area contributed by atoms with E-state index >= 15 is 0 Å². The van der Waals surface area contributed by atoms with Gasteiger partial charge < -0.3 is 10.6 Å². The highest BCUT2D eigenvalue weighted by atomic mass is 79.9. The van der Waals surface area contributed by atoms with Gasteiger partial charge in [0.15, 0.2) is 0 Å². The Labute approximate surface area is 154 Å². The number of carbonyl (C=O) groups is 2. The van der Waals surface area contributed by atoms with Crippen LogP contribution in [0.1, 0.15) is 35.7 Å². The van der Waals surface area contributed by atoms with Gasteiger partial charge >= 0.3 is 0 Å². The van der Waals surface area contributed by atoms with Gasteiger partial charge in [-0.1, -0.05) is 46.6 Å². The van der Waals surface area contributed by atoms with Crippen LogP contribution in [0.25, 0.3) is 0 Å². The Morgan fingerprint density at radius 3 is 2.67 bits per heavy atom. The highest BCUT2D eigenvalue weighted by Gasteiger charge is 2.10. The molecular weight excluding hydrogens is 392 g/mol. The third-order valence-corrected chi connectivity index (χ3v) is 4.12. The van der Waals surface area contributed by atoms with Crippen molar-refractivity contribution >= 4 is 45.0 Å². The molecule has 126 valence electrons. The first kappa shape index (κ1) is 18.5. The molecule has 0 aliphatic heterocycles. The van der Waals surface area contributed by atoms with Gasteiger partial charge in [0.05, 0.1) is 10.6 Å². The van der Waals surface area contributed by atoms with E-state index in [1.54, 1.807) is 18.2 Å². The molecule has 2 N–H and O–H groups in total. The van der Waals surface area contributed by atoms with Crippen LogP contribution in [0.4, 0.5) is 5.69 Å². The number of nitrogens with one attached hydrogen (secondary N) is 2. The van der Waals surface area contributed by atoms with Gasteiger partial charge in [0.25, 0.3) is 5.91 Å². The monoisotopic (exact) mass is 408 g/mol. The predicted molar refractivity (Wildman–Crippen MR) is 100 cm³/mol. The third kappa shape index (κ3) is 5.35. The largest absolute Gasteiger partial charge is 0.348 e. The van der Waals surface area contributed by atoms with Gasteiger partial charge in [-0.15, -0.1) is 0 Å². The molecular formula is C18H18BrClN2O2. The van der Waals surface area contributed by atoms with E-state index in [9.17, 15) is 9.59 Å². The quantitative estimate of drug-likeness (QED) is 0.722. The van der Waals surface area contributed by atoms with E-state index in [1.807, 2.05) is 31.2 Å². The molecule has 4 nitrogen and oxygen atoms in total. The first-order valence-corrected chi connectivity index (χ1v) is 8.78. The average Bonchev–Trinajstić information content (AvgIpc) is 2.53. The molecule has 0 spiro atoms. The number of amides is 2. The molecule has 0 fully saturated rings. The molecule has 0 aliphatic rings. The van der Waals surface area contributed by atoms with Gasteiger partial charge in [-0.05, 0) is 42.3 Å². The summed E-state index contributed by atoms with van der Waals surface area (Å²) in [6.07, 6.45) is 1.29. The van der Waals surface area contributed by atoms with Crippen molar-refractivity contribution in [1.82, 2.24) is 5.32 Å². The Kier molecular flexibility index (Phi) is 6.82. The number of hydrogen-bond donors (Lipinski definition) is 2. The van der Waals surface area contributed by atoms with Crippen LogP contribution in [0, 0.1) is 0 Å². The van der Waals surface area contributed by atoms with Crippen LogP contribution in [-0.2, 0) is 11.3 Å². The highest BCUT2D eigenvalue weighted by Crippen LogP contribution is 2.21. The molecule has 0 heterocycles. The maximum absolute atomic E-state index is 12.2. The molecule has 0 radical (unpaired) electrons. The average molecular weight is 410 g/mol. The number of hydrogen-bond acceptors (Lipinski definition) is 2. The van der Waals surface area contributed by atoms with Crippen molar-refractivity contribution in [3.05, 3.63) is 63.1 Å². The molecule has 0 saturated heterocycles. The second kappa shape index (κ2) is 8.85. The lowest BCUT2D eigenvalue weighted by Crippen LogP contribution is -2.23. The van der Waals surface area contributed by atoms with Crippen molar-refractivity contribution in [2.45, 2.75) is 26.3 Å². The molecule has 2 amide bonds. The lowest BCUT2D eigenvalue weighted by Gasteiger charge is -2.09. The second-order valence-electron chi connectivity index (χ2n) is 5.31. The Morgan fingerprint density at radius 2 is 1.96 bits per heavy atom. The van der Waals surface area contributed by atoms with Gasteiger partial charge in [0.2, 0.25) is 5.91 Å². The van der Waals surface area contributed by atoms with Crippen molar-refractivity contribution in [2.24, 2.45) is 0 Å². The summed E-state index contributed by atoms with van der Waals surface area (Å²) >= 11 is 9.39. The summed E-state index contributed by atoms with van der Waals surface area (Å²) in [6, 6.07) is 12.5. The maximum Gasteiger partial charge on any atom is 0.253 e. The Balaban J connectivity index is 1.98. The molecule has 0 aliphatic carbocycles. The second-order valence-corrected chi connectivity index (χ2v) is 6.63. The summed E-state index contributed by atoms with van der Waals surface area (Å²) in [4.78, 5) is 23.9. The molecule has 2 rings (SSSR count). The van der Waals surface area contributed by atoms with Crippen molar-refractivity contribution in [3.8, 4) is 0 Å². The van der Waals surface area contributed by atoms with Gasteiger partial charge in [-0.2, -0.15) is 0 Å². The van der Waals surface area contributed by atoms with Crippen molar-refractivity contribution in [3.63, 3.8) is 0 Å². The van der Waals surface area contributed by atoms with Crippen LogP contribution in [-0.4, -0.2) is 11.8 Å². The lowest BCUT2D eigenvalue weighted by molar-refractivity contribution is -0.116. The van der Waals surface area contributed by atoms with E-state index < -0.39 is 0 Å². The van der Waals surface area contributed by atoms with Crippen LogP contribution in [0.5, 0.6) is 0 Å². The van der Waals surface area contributed by atoms with E-state index in [-0.39, 0.29) is 11.8 Å². The molecule has 0 unspecified atom stereocenters. The van der Waals surface area contributed by atoms with Crippen molar-refractivity contribution in [1.29, 1.82) is 0 Å². The van der Waals surface area contributed by atoms with Crippen LogP contribution in [0.2, 0.25) is 5.02 Å². The number of anilines is 1. The fourth-order valence-electron chi connectivity index (χ4n) is 2.16. The van der Waals surface area contributed by atoms with Gasteiger partial charge in [-0.3, -0.25) is 9.59 Å². The minimum Gasteiger partial charge on any atom is -0.348 e. The molecule has 6 heteroatoms. The highest BCUT2D eigenvalue weighted by molar-refractivity contribution is 9.10. The zero-order chi connectivity index (χ0) is 17.5. The number of rotatable bonds is 6. The minimum atomic E-state index is -0.243.